The van der Waals surface area contributed by atoms with Gasteiger partial charge in [-0.2, -0.15) is 0 Å². The molecular weight excluding hydrogens is 451 g/mol. The molecule has 6 heteroatoms. The molecule has 0 unspecified atom stereocenters. The van der Waals surface area contributed by atoms with E-state index < -0.39 is 6.36 Å². The Morgan fingerprint density at radius 2 is 1.20 bits per heavy atom. The fourth-order valence-corrected chi connectivity index (χ4v) is 3.91. The fourth-order valence-electron chi connectivity index (χ4n) is 3.91. The van der Waals surface area contributed by atoms with E-state index in [4.69, 9.17) is 0 Å². The molecule has 0 N–H and O–H groups in total. The lowest BCUT2D eigenvalue weighted by molar-refractivity contribution is -0.274. The highest BCUT2D eigenvalue weighted by atomic mass is 19.4. The highest BCUT2D eigenvalue weighted by molar-refractivity contribution is 5.82. The molecule has 0 spiro atoms. The van der Waals surface area contributed by atoms with Gasteiger partial charge in [0.05, 0.1) is 6.42 Å². The summed E-state index contributed by atoms with van der Waals surface area (Å²) in [6.45, 7) is 0.945. The number of alkyl halides is 3. The number of benzene rings is 4. The molecule has 0 heterocycles. The maximum absolute atomic E-state index is 13.5. The third-order valence-electron chi connectivity index (χ3n) is 5.54. The van der Waals surface area contributed by atoms with E-state index in [0.717, 1.165) is 22.3 Å². The molecule has 178 valence electrons. The number of ether oxygens (including phenoxy) is 1. The molecule has 0 aliphatic heterocycles. The SMILES string of the molecule is O=C(Cc1ccccc1-c1ccc(OC(F)(F)F)cc1)N(Cc1ccccc1)Cc1ccccc1. The van der Waals surface area contributed by atoms with Gasteiger partial charge in [0.1, 0.15) is 5.75 Å². The second kappa shape index (κ2) is 10.9. The molecule has 0 atom stereocenters. The zero-order valence-corrected chi connectivity index (χ0v) is 18.9. The summed E-state index contributed by atoms with van der Waals surface area (Å²) < 4.78 is 41.5. The molecule has 0 aliphatic carbocycles. The summed E-state index contributed by atoms with van der Waals surface area (Å²) >= 11 is 0. The molecule has 0 saturated heterocycles. The van der Waals surface area contributed by atoms with Crippen LogP contribution in [0.1, 0.15) is 16.7 Å². The first kappa shape index (κ1) is 24.1. The van der Waals surface area contributed by atoms with Gasteiger partial charge in [-0.25, -0.2) is 0 Å². The molecule has 35 heavy (non-hydrogen) atoms. The Morgan fingerprint density at radius 3 is 1.74 bits per heavy atom. The molecule has 3 nitrogen and oxygen atoms in total. The largest absolute Gasteiger partial charge is 0.573 e. The van der Waals surface area contributed by atoms with E-state index in [2.05, 4.69) is 4.74 Å². The summed E-state index contributed by atoms with van der Waals surface area (Å²) in [5.41, 5.74) is 4.36. The first-order chi connectivity index (χ1) is 16.9. The smallest absolute Gasteiger partial charge is 0.406 e. The molecule has 0 bridgehead atoms. The summed E-state index contributed by atoms with van der Waals surface area (Å²) in [4.78, 5) is 15.3. The van der Waals surface area contributed by atoms with Crippen LogP contribution >= 0.6 is 0 Å². The van der Waals surface area contributed by atoms with Crippen LogP contribution in [0.3, 0.4) is 0 Å². The normalized spacial score (nSPS) is 11.2. The van der Waals surface area contributed by atoms with E-state index in [0.29, 0.717) is 18.7 Å². The van der Waals surface area contributed by atoms with Crippen LogP contribution in [0.5, 0.6) is 5.75 Å². The Morgan fingerprint density at radius 1 is 0.686 bits per heavy atom. The summed E-state index contributed by atoms with van der Waals surface area (Å²) in [5, 5.41) is 0. The van der Waals surface area contributed by atoms with Crippen molar-refractivity contribution in [3.05, 3.63) is 126 Å². The van der Waals surface area contributed by atoms with Gasteiger partial charge in [0.25, 0.3) is 0 Å². The summed E-state index contributed by atoms with van der Waals surface area (Å²) in [6, 6.07) is 32.7. The van der Waals surface area contributed by atoms with E-state index in [1.165, 1.54) is 12.1 Å². The number of carbonyl (C=O) groups is 1. The minimum atomic E-state index is -4.74. The van der Waals surface area contributed by atoms with E-state index in [9.17, 15) is 18.0 Å². The summed E-state index contributed by atoms with van der Waals surface area (Å²) in [5.74, 6) is -0.325. The number of hydrogen-bond acceptors (Lipinski definition) is 2. The van der Waals surface area contributed by atoms with Crippen molar-refractivity contribution in [1.29, 1.82) is 0 Å². The third kappa shape index (κ3) is 6.96. The van der Waals surface area contributed by atoms with Gasteiger partial charge in [0.2, 0.25) is 5.91 Å². The van der Waals surface area contributed by atoms with Crippen LogP contribution in [0.15, 0.2) is 109 Å². The van der Waals surface area contributed by atoms with Crippen molar-refractivity contribution >= 4 is 5.91 Å². The van der Waals surface area contributed by atoms with Crippen LogP contribution in [0.2, 0.25) is 0 Å². The first-order valence-corrected chi connectivity index (χ1v) is 11.2. The van der Waals surface area contributed by atoms with Gasteiger partial charge in [0.15, 0.2) is 0 Å². The predicted octanol–water partition coefficient (Wildman–Crippen LogP) is 7.02. The van der Waals surface area contributed by atoms with Gasteiger partial charge in [-0.1, -0.05) is 97.1 Å². The van der Waals surface area contributed by atoms with Crippen LogP contribution in [0, 0.1) is 0 Å². The Hall–Kier alpha value is -4.06. The molecule has 0 radical (unpaired) electrons. The average Bonchev–Trinajstić information content (AvgIpc) is 2.85. The van der Waals surface area contributed by atoms with E-state index in [1.807, 2.05) is 89.8 Å². The zero-order valence-electron chi connectivity index (χ0n) is 18.9. The van der Waals surface area contributed by atoms with Gasteiger partial charge in [-0.3, -0.25) is 4.79 Å². The Balaban J connectivity index is 1.56. The van der Waals surface area contributed by atoms with Gasteiger partial charge in [0, 0.05) is 13.1 Å². The van der Waals surface area contributed by atoms with Crippen molar-refractivity contribution in [2.24, 2.45) is 0 Å². The monoisotopic (exact) mass is 475 g/mol. The lowest BCUT2D eigenvalue weighted by Gasteiger charge is -2.24. The van der Waals surface area contributed by atoms with E-state index >= 15 is 0 Å². The molecule has 4 aromatic rings. The van der Waals surface area contributed by atoms with Crippen molar-refractivity contribution in [1.82, 2.24) is 4.90 Å². The Kier molecular flexibility index (Phi) is 7.51. The van der Waals surface area contributed by atoms with Gasteiger partial charge in [-0.15, -0.1) is 13.2 Å². The van der Waals surface area contributed by atoms with Crippen LogP contribution in [-0.4, -0.2) is 17.2 Å². The van der Waals surface area contributed by atoms with Crippen LogP contribution in [-0.2, 0) is 24.3 Å². The van der Waals surface area contributed by atoms with Crippen molar-refractivity contribution in [3.63, 3.8) is 0 Å². The Bertz CT molecular complexity index is 1200. The highest BCUT2D eigenvalue weighted by Gasteiger charge is 2.31. The maximum atomic E-state index is 13.5. The number of amides is 1. The second-order valence-electron chi connectivity index (χ2n) is 8.13. The Labute approximate surface area is 202 Å². The highest BCUT2D eigenvalue weighted by Crippen LogP contribution is 2.29. The molecule has 4 aromatic carbocycles. The summed E-state index contributed by atoms with van der Waals surface area (Å²) in [7, 11) is 0. The van der Waals surface area contributed by atoms with Gasteiger partial charge < -0.3 is 9.64 Å². The van der Waals surface area contributed by atoms with E-state index in [-0.39, 0.29) is 18.1 Å². The van der Waals surface area contributed by atoms with Gasteiger partial charge in [-0.05, 0) is 39.9 Å². The topological polar surface area (TPSA) is 29.5 Å². The number of hydrogen-bond donors (Lipinski definition) is 0. The van der Waals surface area contributed by atoms with E-state index in [1.54, 1.807) is 12.1 Å². The third-order valence-corrected chi connectivity index (χ3v) is 5.54. The molecule has 0 aliphatic rings. The molecular formula is C29H24F3NO2. The minimum absolute atomic E-state index is 0.0396. The lowest BCUT2D eigenvalue weighted by Crippen LogP contribution is -2.31. The predicted molar refractivity (Wildman–Crippen MR) is 129 cm³/mol. The second-order valence-corrected chi connectivity index (χ2v) is 8.13. The molecule has 1 amide bonds. The molecule has 4 rings (SSSR count). The molecule has 0 aromatic heterocycles. The standard InChI is InChI=1S/C29H24F3NO2/c30-29(31,32)35-26-17-15-24(16-18-26)27-14-8-7-13-25(27)19-28(34)33(20-22-9-3-1-4-10-22)21-23-11-5-2-6-12-23/h1-18H,19-21H2. The maximum Gasteiger partial charge on any atom is 0.573 e. The molecule has 0 fully saturated rings. The van der Waals surface area contributed by atoms with Crippen molar-refractivity contribution in [3.8, 4) is 16.9 Å². The fraction of sp³-hybridized carbons (Fsp3) is 0.138. The zero-order chi connectivity index (χ0) is 24.7. The van der Waals surface area contributed by atoms with Crippen LogP contribution < -0.4 is 4.74 Å². The number of nitrogens with zero attached hydrogens (tertiary/aromatic N) is 1. The van der Waals surface area contributed by atoms with Crippen LogP contribution in [0.25, 0.3) is 11.1 Å². The number of halogens is 3. The number of rotatable bonds is 8. The van der Waals surface area contributed by atoms with Crippen molar-refractivity contribution < 1.29 is 22.7 Å². The van der Waals surface area contributed by atoms with Gasteiger partial charge >= 0.3 is 6.36 Å². The summed E-state index contributed by atoms with van der Waals surface area (Å²) in [6.07, 6.45) is -4.58. The van der Waals surface area contributed by atoms with Crippen LogP contribution in [0.4, 0.5) is 13.2 Å². The average molecular weight is 476 g/mol. The number of carbonyl (C=O) groups excluding carboxylic acids is 1. The molecule has 0 saturated carbocycles. The quantitative estimate of drug-likeness (QED) is 0.274. The van der Waals surface area contributed by atoms with Crippen molar-refractivity contribution in [2.75, 3.05) is 0 Å². The van der Waals surface area contributed by atoms with Crippen molar-refractivity contribution in [2.45, 2.75) is 25.9 Å². The lowest BCUT2D eigenvalue weighted by atomic mass is 9.97. The minimum Gasteiger partial charge on any atom is -0.406 e. The first-order valence-electron chi connectivity index (χ1n) is 11.2.